The lowest BCUT2D eigenvalue weighted by Crippen LogP contribution is -2.40. The summed E-state index contributed by atoms with van der Waals surface area (Å²) in [5.41, 5.74) is 7.15. The minimum absolute atomic E-state index is 0.00458. The zero-order valence-corrected chi connectivity index (χ0v) is 13.4. The zero-order valence-electron chi connectivity index (χ0n) is 13.4. The molecule has 0 heterocycles. The van der Waals surface area contributed by atoms with Crippen LogP contribution in [0.5, 0.6) is 11.5 Å². The number of carbonyl (C=O) groups excluding carboxylic acids is 1. The molecular weight excluding hydrogens is 268 g/mol. The first kappa shape index (κ1) is 17.3. The highest BCUT2D eigenvalue weighted by Crippen LogP contribution is 2.30. The van der Waals surface area contributed by atoms with Gasteiger partial charge in [0.2, 0.25) is 0 Å². The Morgan fingerprint density at radius 1 is 1.29 bits per heavy atom. The summed E-state index contributed by atoms with van der Waals surface area (Å²) in [4.78, 5) is 12.4. The fourth-order valence-corrected chi connectivity index (χ4v) is 2.19. The zero-order chi connectivity index (χ0) is 15.8. The number of hydrogen-bond donors (Lipinski definition) is 2. The van der Waals surface area contributed by atoms with Gasteiger partial charge in [0.25, 0.3) is 5.91 Å². The molecule has 21 heavy (non-hydrogen) atoms. The smallest absolute Gasteiger partial charge is 0.251 e. The van der Waals surface area contributed by atoms with Crippen molar-refractivity contribution >= 4 is 5.91 Å². The number of carbonyl (C=O) groups is 1. The Hall–Kier alpha value is -1.75. The van der Waals surface area contributed by atoms with E-state index in [0.717, 1.165) is 24.8 Å². The number of aryl methyl sites for hydroxylation is 1. The minimum atomic E-state index is -0.125. The van der Waals surface area contributed by atoms with Gasteiger partial charge in [-0.2, -0.15) is 0 Å². The van der Waals surface area contributed by atoms with Crippen LogP contribution in [0.2, 0.25) is 0 Å². The lowest BCUT2D eigenvalue weighted by molar-refractivity contribution is 0.0934. The van der Waals surface area contributed by atoms with Gasteiger partial charge in [0.1, 0.15) is 0 Å². The van der Waals surface area contributed by atoms with Crippen molar-refractivity contribution in [2.45, 2.75) is 39.2 Å². The molecule has 1 rings (SSSR count). The molecular formula is C16H26N2O3. The third-order valence-electron chi connectivity index (χ3n) is 3.50. The number of amides is 1. The van der Waals surface area contributed by atoms with Gasteiger partial charge in [0.15, 0.2) is 11.5 Å². The summed E-state index contributed by atoms with van der Waals surface area (Å²) in [6.45, 7) is 4.44. The second-order valence-electron chi connectivity index (χ2n) is 5.07. The molecule has 1 aromatic rings. The molecule has 1 atom stereocenters. The molecule has 0 spiro atoms. The van der Waals surface area contributed by atoms with E-state index in [0.29, 0.717) is 23.6 Å². The number of rotatable bonds is 8. The molecule has 0 saturated carbocycles. The predicted octanol–water partition coefficient (Wildman–Crippen LogP) is 2.26. The van der Waals surface area contributed by atoms with Gasteiger partial charge in [0.05, 0.1) is 14.2 Å². The lowest BCUT2D eigenvalue weighted by atomic mass is 10.1. The first-order valence-electron chi connectivity index (χ1n) is 7.30. The fourth-order valence-electron chi connectivity index (χ4n) is 2.19. The summed E-state index contributed by atoms with van der Waals surface area (Å²) in [6.07, 6.45) is 3.03. The van der Waals surface area contributed by atoms with Crippen LogP contribution in [0.15, 0.2) is 12.1 Å². The van der Waals surface area contributed by atoms with Gasteiger partial charge in [-0.1, -0.05) is 19.8 Å². The quantitative estimate of drug-likeness (QED) is 0.771. The molecule has 1 unspecified atom stereocenters. The number of nitrogens with two attached hydrogens (primary N) is 1. The molecule has 5 heteroatoms. The summed E-state index contributed by atoms with van der Waals surface area (Å²) in [7, 11) is 3.13. The second kappa shape index (κ2) is 8.52. The Morgan fingerprint density at radius 3 is 2.43 bits per heavy atom. The van der Waals surface area contributed by atoms with E-state index in [1.54, 1.807) is 26.4 Å². The summed E-state index contributed by atoms with van der Waals surface area (Å²) in [5, 5.41) is 2.99. The van der Waals surface area contributed by atoms with E-state index < -0.39 is 0 Å². The molecule has 3 N–H and O–H groups in total. The molecule has 0 aliphatic rings. The molecule has 5 nitrogen and oxygen atoms in total. The van der Waals surface area contributed by atoms with Crippen LogP contribution in [0.3, 0.4) is 0 Å². The largest absolute Gasteiger partial charge is 0.493 e. The third-order valence-corrected chi connectivity index (χ3v) is 3.50. The SMILES string of the molecule is CCCCC(CN)NC(=O)c1cc(OC)c(OC)cc1C. The van der Waals surface area contributed by atoms with Crippen molar-refractivity contribution in [1.82, 2.24) is 5.32 Å². The Labute approximate surface area is 126 Å². The van der Waals surface area contributed by atoms with Crippen LogP contribution in [0.1, 0.15) is 42.1 Å². The molecule has 0 aliphatic carbocycles. The normalized spacial score (nSPS) is 11.9. The van der Waals surface area contributed by atoms with Crippen molar-refractivity contribution in [3.63, 3.8) is 0 Å². The van der Waals surface area contributed by atoms with Gasteiger partial charge in [-0.15, -0.1) is 0 Å². The van der Waals surface area contributed by atoms with Gasteiger partial charge in [-0.3, -0.25) is 4.79 Å². The number of benzene rings is 1. The van der Waals surface area contributed by atoms with Gasteiger partial charge >= 0.3 is 0 Å². The average Bonchev–Trinajstić information content (AvgIpc) is 2.50. The van der Waals surface area contributed by atoms with Crippen molar-refractivity contribution in [2.24, 2.45) is 5.73 Å². The average molecular weight is 294 g/mol. The van der Waals surface area contributed by atoms with Crippen molar-refractivity contribution in [2.75, 3.05) is 20.8 Å². The monoisotopic (exact) mass is 294 g/mol. The first-order valence-corrected chi connectivity index (χ1v) is 7.30. The van der Waals surface area contributed by atoms with E-state index >= 15 is 0 Å². The number of ether oxygens (including phenoxy) is 2. The van der Waals surface area contributed by atoms with Crippen LogP contribution in [-0.2, 0) is 0 Å². The predicted molar refractivity (Wildman–Crippen MR) is 84.1 cm³/mol. The molecule has 0 bridgehead atoms. The molecule has 1 amide bonds. The number of unbranched alkanes of at least 4 members (excludes halogenated alkanes) is 1. The van der Waals surface area contributed by atoms with Gasteiger partial charge in [0, 0.05) is 18.2 Å². The topological polar surface area (TPSA) is 73.6 Å². The Morgan fingerprint density at radius 2 is 1.90 bits per heavy atom. The molecule has 0 saturated heterocycles. The first-order chi connectivity index (χ1) is 10.1. The van der Waals surface area contributed by atoms with Crippen molar-refractivity contribution < 1.29 is 14.3 Å². The maximum Gasteiger partial charge on any atom is 0.251 e. The van der Waals surface area contributed by atoms with Crippen LogP contribution in [0.4, 0.5) is 0 Å². The van der Waals surface area contributed by atoms with E-state index in [1.807, 2.05) is 6.92 Å². The highest BCUT2D eigenvalue weighted by atomic mass is 16.5. The standard InChI is InChI=1S/C16H26N2O3/c1-5-6-7-12(10-17)18-16(19)13-9-15(21-4)14(20-3)8-11(13)2/h8-9,12H,5-7,10,17H2,1-4H3,(H,18,19). The van der Waals surface area contributed by atoms with Gasteiger partial charge < -0.3 is 20.5 Å². The summed E-state index contributed by atoms with van der Waals surface area (Å²) < 4.78 is 10.5. The number of nitrogens with one attached hydrogen (secondary N) is 1. The van der Waals surface area contributed by atoms with Crippen molar-refractivity contribution in [1.29, 1.82) is 0 Å². The van der Waals surface area contributed by atoms with Gasteiger partial charge in [-0.25, -0.2) is 0 Å². The molecule has 0 radical (unpaired) electrons. The highest BCUT2D eigenvalue weighted by Gasteiger charge is 2.17. The van der Waals surface area contributed by atoms with Crippen LogP contribution in [0.25, 0.3) is 0 Å². The molecule has 1 aromatic carbocycles. The maximum atomic E-state index is 12.4. The molecule has 0 aliphatic heterocycles. The molecule has 0 aromatic heterocycles. The van der Waals surface area contributed by atoms with Crippen LogP contribution in [0, 0.1) is 6.92 Å². The minimum Gasteiger partial charge on any atom is -0.493 e. The third kappa shape index (κ3) is 4.63. The highest BCUT2D eigenvalue weighted by molar-refractivity contribution is 5.96. The summed E-state index contributed by atoms with van der Waals surface area (Å²) in [5.74, 6) is 1.04. The van der Waals surface area contributed by atoms with Crippen molar-refractivity contribution in [3.8, 4) is 11.5 Å². The van der Waals surface area contributed by atoms with E-state index in [2.05, 4.69) is 12.2 Å². The Bertz CT molecular complexity index is 475. The maximum absolute atomic E-state index is 12.4. The summed E-state index contributed by atoms with van der Waals surface area (Å²) in [6, 6.07) is 3.51. The van der Waals surface area contributed by atoms with Crippen molar-refractivity contribution in [3.05, 3.63) is 23.3 Å². The van der Waals surface area contributed by atoms with E-state index in [9.17, 15) is 4.79 Å². The van der Waals surface area contributed by atoms with E-state index in [-0.39, 0.29) is 11.9 Å². The van der Waals surface area contributed by atoms with Crippen LogP contribution >= 0.6 is 0 Å². The number of methoxy groups -OCH3 is 2. The van der Waals surface area contributed by atoms with E-state index in [4.69, 9.17) is 15.2 Å². The lowest BCUT2D eigenvalue weighted by Gasteiger charge is -2.18. The summed E-state index contributed by atoms with van der Waals surface area (Å²) >= 11 is 0. The van der Waals surface area contributed by atoms with E-state index in [1.165, 1.54) is 0 Å². The Balaban J connectivity index is 2.91. The number of hydrogen-bond acceptors (Lipinski definition) is 4. The molecule has 118 valence electrons. The second-order valence-corrected chi connectivity index (χ2v) is 5.07. The van der Waals surface area contributed by atoms with Gasteiger partial charge in [-0.05, 0) is 31.0 Å². The Kier molecular flexibility index (Phi) is 7.02. The van der Waals surface area contributed by atoms with Crippen LogP contribution in [-0.4, -0.2) is 32.7 Å². The molecule has 0 fully saturated rings. The fraction of sp³-hybridized carbons (Fsp3) is 0.562. The van der Waals surface area contributed by atoms with Crippen LogP contribution < -0.4 is 20.5 Å².